The zero-order valence-electron chi connectivity index (χ0n) is 16.4. The van der Waals surface area contributed by atoms with Crippen molar-refractivity contribution in [3.63, 3.8) is 0 Å². The van der Waals surface area contributed by atoms with Crippen molar-refractivity contribution in [3.8, 4) is 0 Å². The van der Waals surface area contributed by atoms with Crippen molar-refractivity contribution in [2.45, 2.75) is 52.1 Å². The standard InChI is InChI=1S/C23H25N3O2/c1-15(18-12-11-17-7-3-4-8-19(17)13-18)24-22(27)14-26-16(2)25-21-10-6-5-9-20(21)23(26)28/h5-6,9-13,15H,3-4,7-8,14H2,1-2H3,(H,24,27)/t15-/m0/s1. The van der Waals surface area contributed by atoms with E-state index < -0.39 is 0 Å². The molecule has 1 heterocycles. The van der Waals surface area contributed by atoms with Crippen molar-refractivity contribution in [3.05, 3.63) is 75.3 Å². The SMILES string of the molecule is Cc1nc2ccccc2c(=O)n1CC(=O)N[C@@H](C)c1ccc2c(c1)CCCC2. The summed E-state index contributed by atoms with van der Waals surface area (Å²) >= 11 is 0. The van der Waals surface area contributed by atoms with Crippen molar-refractivity contribution in [2.24, 2.45) is 0 Å². The van der Waals surface area contributed by atoms with Gasteiger partial charge in [-0.15, -0.1) is 0 Å². The van der Waals surface area contributed by atoms with E-state index in [2.05, 4.69) is 28.5 Å². The van der Waals surface area contributed by atoms with E-state index in [1.54, 1.807) is 13.0 Å². The Kier molecular flexibility index (Phi) is 4.99. The lowest BCUT2D eigenvalue weighted by atomic mass is 9.89. The first-order chi connectivity index (χ1) is 13.5. The van der Waals surface area contributed by atoms with E-state index in [4.69, 9.17) is 0 Å². The summed E-state index contributed by atoms with van der Waals surface area (Å²) in [5.41, 5.74) is 4.41. The quantitative estimate of drug-likeness (QED) is 0.759. The lowest BCUT2D eigenvalue weighted by Gasteiger charge is -2.20. The largest absolute Gasteiger partial charge is 0.348 e. The van der Waals surface area contributed by atoms with Gasteiger partial charge in [0.2, 0.25) is 5.91 Å². The molecule has 28 heavy (non-hydrogen) atoms. The van der Waals surface area contributed by atoms with E-state index in [9.17, 15) is 9.59 Å². The number of para-hydroxylation sites is 1. The summed E-state index contributed by atoms with van der Waals surface area (Å²) in [6, 6.07) is 13.6. The zero-order chi connectivity index (χ0) is 19.7. The van der Waals surface area contributed by atoms with Gasteiger partial charge >= 0.3 is 0 Å². The summed E-state index contributed by atoms with van der Waals surface area (Å²) in [6.07, 6.45) is 4.75. The maximum atomic E-state index is 12.7. The Balaban J connectivity index is 1.52. The van der Waals surface area contributed by atoms with Crippen LogP contribution < -0.4 is 10.9 Å². The fourth-order valence-corrected chi connectivity index (χ4v) is 4.00. The first-order valence-electron chi connectivity index (χ1n) is 9.90. The fourth-order valence-electron chi connectivity index (χ4n) is 4.00. The number of benzene rings is 2. The van der Waals surface area contributed by atoms with Crippen LogP contribution in [0.2, 0.25) is 0 Å². The summed E-state index contributed by atoms with van der Waals surface area (Å²) in [4.78, 5) is 29.8. The molecule has 1 aliphatic rings. The summed E-state index contributed by atoms with van der Waals surface area (Å²) < 4.78 is 1.44. The molecule has 3 aromatic rings. The maximum Gasteiger partial charge on any atom is 0.261 e. The number of amides is 1. The smallest absolute Gasteiger partial charge is 0.261 e. The number of hydrogen-bond donors (Lipinski definition) is 1. The molecule has 0 fully saturated rings. The monoisotopic (exact) mass is 375 g/mol. The van der Waals surface area contributed by atoms with Crippen LogP contribution in [0, 0.1) is 6.92 Å². The molecule has 4 rings (SSSR count). The molecule has 5 nitrogen and oxygen atoms in total. The van der Waals surface area contributed by atoms with Crippen LogP contribution in [0.1, 0.15) is 48.3 Å². The second-order valence-corrected chi connectivity index (χ2v) is 7.59. The Bertz CT molecular complexity index is 1100. The van der Waals surface area contributed by atoms with Gasteiger partial charge in [-0.3, -0.25) is 14.2 Å². The molecule has 0 aliphatic heterocycles. The van der Waals surface area contributed by atoms with Crippen LogP contribution in [0.15, 0.2) is 47.3 Å². The molecular weight excluding hydrogens is 350 g/mol. The number of carbonyl (C=O) groups excluding carboxylic acids is 1. The van der Waals surface area contributed by atoms with Crippen LogP contribution in [-0.2, 0) is 24.2 Å². The number of aryl methyl sites for hydroxylation is 3. The highest BCUT2D eigenvalue weighted by Gasteiger charge is 2.16. The molecule has 0 bridgehead atoms. The number of carbonyl (C=O) groups is 1. The van der Waals surface area contributed by atoms with Crippen molar-refractivity contribution < 1.29 is 4.79 Å². The molecule has 1 aliphatic carbocycles. The summed E-state index contributed by atoms with van der Waals surface area (Å²) in [7, 11) is 0. The van der Waals surface area contributed by atoms with E-state index in [-0.39, 0.29) is 24.1 Å². The lowest BCUT2D eigenvalue weighted by molar-refractivity contribution is -0.122. The van der Waals surface area contributed by atoms with Gasteiger partial charge < -0.3 is 5.32 Å². The highest BCUT2D eigenvalue weighted by Crippen LogP contribution is 2.24. The normalized spacial score (nSPS) is 14.5. The van der Waals surface area contributed by atoms with E-state index >= 15 is 0 Å². The number of rotatable bonds is 4. The van der Waals surface area contributed by atoms with Gasteiger partial charge in [0.15, 0.2) is 0 Å². The Hall–Kier alpha value is -2.95. The van der Waals surface area contributed by atoms with Gasteiger partial charge in [0, 0.05) is 0 Å². The predicted octanol–water partition coefficient (Wildman–Crippen LogP) is 3.46. The molecule has 1 amide bonds. The Morgan fingerprint density at radius 2 is 1.89 bits per heavy atom. The van der Waals surface area contributed by atoms with Crippen molar-refractivity contribution in [2.75, 3.05) is 0 Å². The molecule has 0 spiro atoms. The third-order valence-electron chi connectivity index (χ3n) is 5.60. The number of hydrogen-bond acceptors (Lipinski definition) is 3. The van der Waals surface area contributed by atoms with Gasteiger partial charge in [-0.2, -0.15) is 0 Å². The molecule has 1 N–H and O–H groups in total. The molecule has 5 heteroatoms. The molecular formula is C23H25N3O2. The molecule has 144 valence electrons. The van der Waals surface area contributed by atoms with Crippen molar-refractivity contribution in [1.29, 1.82) is 0 Å². The number of fused-ring (bicyclic) bond motifs is 2. The maximum absolute atomic E-state index is 12.7. The van der Waals surface area contributed by atoms with Crippen LogP contribution in [-0.4, -0.2) is 15.5 Å². The van der Waals surface area contributed by atoms with E-state index in [0.29, 0.717) is 16.7 Å². The molecule has 1 aromatic heterocycles. The van der Waals surface area contributed by atoms with Crippen molar-refractivity contribution >= 4 is 16.8 Å². The second kappa shape index (κ2) is 7.58. The van der Waals surface area contributed by atoms with E-state index in [0.717, 1.165) is 18.4 Å². The molecule has 1 atom stereocenters. The van der Waals surface area contributed by atoms with Crippen molar-refractivity contribution in [1.82, 2.24) is 14.9 Å². The third kappa shape index (κ3) is 3.57. The number of nitrogens with zero attached hydrogens (tertiary/aromatic N) is 2. The van der Waals surface area contributed by atoms with Gasteiger partial charge in [0.1, 0.15) is 12.4 Å². The fraction of sp³-hybridized carbons (Fsp3) is 0.348. The van der Waals surface area contributed by atoms with Crippen LogP contribution in [0.3, 0.4) is 0 Å². The van der Waals surface area contributed by atoms with Crippen LogP contribution >= 0.6 is 0 Å². The van der Waals surface area contributed by atoms with Crippen LogP contribution in [0.5, 0.6) is 0 Å². The molecule has 2 aromatic carbocycles. The first-order valence-corrected chi connectivity index (χ1v) is 9.90. The molecule has 0 unspecified atom stereocenters. The van der Waals surface area contributed by atoms with Gasteiger partial charge in [0.25, 0.3) is 5.56 Å². The average molecular weight is 375 g/mol. The minimum absolute atomic E-state index is 0.0300. The summed E-state index contributed by atoms with van der Waals surface area (Å²) in [5, 5.41) is 3.56. The summed E-state index contributed by atoms with van der Waals surface area (Å²) in [5.74, 6) is 0.354. The first kappa shape index (κ1) is 18.4. The molecule has 0 saturated carbocycles. The lowest BCUT2D eigenvalue weighted by Crippen LogP contribution is -2.35. The molecule has 0 radical (unpaired) electrons. The number of aromatic nitrogens is 2. The van der Waals surface area contributed by atoms with E-state index in [1.807, 2.05) is 25.1 Å². The number of nitrogens with one attached hydrogen (secondary N) is 1. The second-order valence-electron chi connectivity index (χ2n) is 7.59. The van der Waals surface area contributed by atoms with Gasteiger partial charge in [0.05, 0.1) is 16.9 Å². The van der Waals surface area contributed by atoms with Crippen LogP contribution in [0.4, 0.5) is 0 Å². The van der Waals surface area contributed by atoms with Crippen LogP contribution in [0.25, 0.3) is 10.9 Å². The Morgan fingerprint density at radius 3 is 2.71 bits per heavy atom. The van der Waals surface area contributed by atoms with Gasteiger partial charge in [-0.1, -0.05) is 30.3 Å². The van der Waals surface area contributed by atoms with Gasteiger partial charge in [-0.05, 0) is 68.4 Å². The Labute approximate surface area is 164 Å². The average Bonchev–Trinajstić information content (AvgIpc) is 2.70. The predicted molar refractivity (Wildman–Crippen MR) is 110 cm³/mol. The highest BCUT2D eigenvalue weighted by molar-refractivity contribution is 5.79. The Morgan fingerprint density at radius 1 is 1.14 bits per heavy atom. The topological polar surface area (TPSA) is 64.0 Å². The zero-order valence-corrected chi connectivity index (χ0v) is 16.4. The molecule has 0 saturated heterocycles. The minimum atomic E-state index is -0.187. The highest BCUT2D eigenvalue weighted by atomic mass is 16.2. The van der Waals surface area contributed by atoms with E-state index in [1.165, 1.54) is 28.5 Å². The minimum Gasteiger partial charge on any atom is -0.348 e. The van der Waals surface area contributed by atoms with Gasteiger partial charge in [-0.25, -0.2) is 4.98 Å². The summed E-state index contributed by atoms with van der Waals surface area (Å²) in [6.45, 7) is 3.71. The third-order valence-corrected chi connectivity index (χ3v) is 5.60.